The van der Waals surface area contributed by atoms with Crippen LogP contribution in [0.15, 0.2) is 59.5 Å². The molecule has 1 aliphatic rings. The van der Waals surface area contributed by atoms with Gasteiger partial charge in [-0.3, -0.25) is 9.59 Å². The third kappa shape index (κ3) is 3.88. The number of aryl methyl sites for hydroxylation is 1. The highest BCUT2D eigenvalue weighted by Crippen LogP contribution is 2.28. The molecule has 27 heavy (non-hydrogen) atoms. The molecular formula is C20H22N2O4S. The maximum Gasteiger partial charge on any atom is 0.267 e. The van der Waals surface area contributed by atoms with Crippen LogP contribution in [0.2, 0.25) is 0 Å². The normalized spacial score (nSPS) is 17.2. The van der Waals surface area contributed by atoms with Crippen LogP contribution >= 0.6 is 0 Å². The Labute approximate surface area is 159 Å². The fourth-order valence-corrected chi connectivity index (χ4v) is 4.80. The van der Waals surface area contributed by atoms with Crippen LogP contribution in [0.4, 0.5) is 0 Å². The summed E-state index contributed by atoms with van der Waals surface area (Å²) in [5.74, 6) is -0.914. The van der Waals surface area contributed by atoms with Gasteiger partial charge < -0.3 is 4.90 Å². The molecule has 0 N–H and O–H groups in total. The average molecular weight is 386 g/mol. The van der Waals surface area contributed by atoms with E-state index in [4.69, 9.17) is 0 Å². The lowest BCUT2D eigenvalue weighted by Crippen LogP contribution is -2.47. The molecule has 3 rings (SSSR count). The first kappa shape index (κ1) is 19.1. The number of nitrogens with zero attached hydrogens (tertiary/aromatic N) is 2. The topological polar surface area (TPSA) is 74.8 Å². The van der Waals surface area contributed by atoms with Gasteiger partial charge in [-0.2, -0.15) is 0 Å². The van der Waals surface area contributed by atoms with E-state index in [1.54, 1.807) is 19.2 Å². The third-order valence-electron chi connectivity index (χ3n) is 4.66. The van der Waals surface area contributed by atoms with Crippen molar-refractivity contribution in [3.05, 3.63) is 65.7 Å². The number of likely N-dealkylation sites (N-methyl/N-ethyl adjacent to an activating group) is 1. The van der Waals surface area contributed by atoms with Crippen LogP contribution in [0.3, 0.4) is 0 Å². The van der Waals surface area contributed by atoms with Gasteiger partial charge in [-0.15, -0.1) is 0 Å². The quantitative estimate of drug-likeness (QED) is 0.790. The van der Waals surface area contributed by atoms with E-state index < -0.39 is 22.0 Å². The van der Waals surface area contributed by atoms with E-state index in [1.807, 2.05) is 37.3 Å². The molecule has 0 aromatic heterocycles. The van der Waals surface area contributed by atoms with Crippen molar-refractivity contribution in [1.29, 1.82) is 0 Å². The highest BCUT2D eigenvalue weighted by Gasteiger charge is 2.45. The maximum absolute atomic E-state index is 13.0. The Morgan fingerprint density at radius 1 is 1.11 bits per heavy atom. The zero-order valence-electron chi connectivity index (χ0n) is 15.3. The number of carbonyl (C=O) groups excluding carboxylic acids is 2. The largest absolute Gasteiger partial charge is 0.340 e. The average Bonchev–Trinajstić information content (AvgIpc) is 3.04. The Kier molecular flexibility index (Phi) is 5.32. The van der Waals surface area contributed by atoms with Gasteiger partial charge in [-0.25, -0.2) is 12.7 Å². The van der Waals surface area contributed by atoms with Crippen LogP contribution in [0.25, 0.3) is 0 Å². The lowest BCUT2D eigenvalue weighted by molar-refractivity contribution is -0.137. The van der Waals surface area contributed by atoms with Gasteiger partial charge in [0.05, 0.1) is 4.90 Å². The minimum absolute atomic E-state index is 0.0202. The second-order valence-electron chi connectivity index (χ2n) is 6.74. The van der Waals surface area contributed by atoms with Gasteiger partial charge >= 0.3 is 0 Å². The summed E-state index contributed by atoms with van der Waals surface area (Å²) in [6, 6.07) is 14.7. The predicted octanol–water partition coefficient (Wildman–Crippen LogP) is 2.33. The zero-order chi connectivity index (χ0) is 19.6. The number of benzene rings is 2. The first-order valence-corrected chi connectivity index (χ1v) is 10.2. The number of hydrogen-bond donors (Lipinski definition) is 0. The summed E-state index contributed by atoms with van der Waals surface area (Å²) in [4.78, 5) is 26.7. The number of carbonyl (C=O) groups is 2. The van der Waals surface area contributed by atoms with Crippen LogP contribution in [-0.4, -0.2) is 42.5 Å². The van der Waals surface area contributed by atoms with Crippen LogP contribution < -0.4 is 0 Å². The van der Waals surface area contributed by atoms with Crippen molar-refractivity contribution < 1.29 is 18.0 Å². The summed E-state index contributed by atoms with van der Waals surface area (Å²) in [6.45, 7) is 2.20. The van der Waals surface area contributed by atoms with E-state index in [9.17, 15) is 18.0 Å². The molecule has 1 heterocycles. The first-order valence-electron chi connectivity index (χ1n) is 8.73. The Hall–Kier alpha value is -2.67. The monoisotopic (exact) mass is 386 g/mol. The number of amides is 2. The van der Waals surface area contributed by atoms with Crippen molar-refractivity contribution in [2.75, 3.05) is 7.05 Å². The number of sulfonamides is 1. The van der Waals surface area contributed by atoms with Crippen LogP contribution in [0.5, 0.6) is 0 Å². The fraction of sp³-hybridized carbons (Fsp3) is 0.300. The van der Waals surface area contributed by atoms with E-state index in [2.05, 4.69) is 0 Å². The third-order valence-corrected chi connectivity index (χ3v) is 6.51. The molecule has 2 amide bonds. The molecule has 7 heteroatoms. The summed E-state index contributed by atoms with van der Waals surface area (Å²) < 4.78 is 26.7. The summed E-state index contributed by atoms with van der Waals surface area (Å²) in [6.07, 6.45) is 0.239. The number of hydrogen-bond acceptors (Lipinski definition) is 4. The second kappa shape index (κ2) is 7.52. The molecule has 1 atom stereocenters. The van der Waals surface area contributed by atoms with E-state index in [-0.39, 0.29) is 23.6 Å². The molecule has 1 fully saturated rings. The molecule has 0 unspecified atom stereocenters. The highest BCUT2D eigenvalue weighted by atomic mass is 32.2. The Bertz CT molecular complexity index is 940. The van der Waals surface area contributed by atoms with Gasteiger partial charge in [0.25, 0.3) is 10.0 Å². The fourth-order valence-electron chi connectivity index (χ4n) is 3.20. The van der Waals surface area contributed by atoms with Crippen molar-refractivity contribution in [3.8, 4) is 0 Å². The Morgan fingerprint density at radius 2 is 1.74 bits per heavy atom. The lowest BCUT2D eigenvalue weighted by Gasteiger charge is -2.27. The van der Waals surface area contributed by atoms with Gasteiger partial charge in [-0.1, -0.05) is 48.0 Å². The maximum atomic E-state index is 13.0. The molecule has 0 bridgehead atoms. The van der Waals surface area contributed by atoms with Gasteiger partial charge in [-0.05, 0) is 31.0 Å². The lowest BCUT2D eigenvalue weighted by atomic mass is 10.1. The van der Waals surface area contributed by atoms with Crippen molar-refractivity contribution in [1.82, 2.24) is 9.21 Å². The molecule has 142 valence electrons. The summed E-state index contributed by atoms with van der Waals surface area (Å²) in [5.41, 5.74) is 1.85. The molecule has 6 nitrogen and oxygen atoms in total. The summed E-state index contributed by atoms with van der Waals surface area (Å²) in [7, 11) is -2.45. The van der Waals surface area contributed by atoms with Crippen LogP contribution in [-0.2, 0) is 26.2 Å². The van der Waals surface area contributed by atoms with Gasteiger partial charge in [0.15, 0.2) is 0 Å². The van der Waals surface area contributed by atoms with Gasteiger partial charge in [0, 0.05) is 20.0 Å². The van der Waals surface area contributed by atoms with E-state index in [1.165, 1.54) is 17.0 Å². The van der Waals surface area contributed by atoms with Crippen LogP contribution in [0, 0.1) is 6.92 Å². The van der Waals surface area contributed by atoms with Crippen molar-refractivity contribution in [2.24, 2.45) is 0 Å². The molecule has 0 saturated carbocycles. The van der Waals surface area contributed by atoms with Gasteiger partial charge in [0.2, 0.25) is 11.8 Å². The Morgan fingerprint density at radius 3 is 2.37 bits per heavy atom. The minimum Gasteiger partial charge on any atom is -0.340 e. The highest BCUT2D eigenvalue weighted by molar-refractivity contribution is 7.89. The van der Waals surface area contributed by atoms with Crippen LogP contribution in [0.1, 0.15) is 24.0 Å². The molecule has 0 radical (unpaired) electrons. The standard InChI is InChI=1S/C20H22N2O4S/c1-15-8-10-17(11-9-15)27(25,26)22-18(12-13-19(22)23)20(24)21(2)14-16-6-4-3-5-7-16/h3-11,18H,12-14H2,1-2H3/t18-/m1/s1. The minimum atomic E-state index is -4.07. The molecule has 0 spiro atoms. The van der Waals surface area contributed by atoms with Crippen molar-refractivity contribution in [3.63, 3.8) is 0 Å². The summed E-state index contributed by atoms with van der Waals surface area (Å²) >= 11 is 0. The molecule has 0 aliphatic carbocycles. The van der Waals surface area contributed by atoms with E-state index in [0.29, 0.717) is 6.54 Å². The second-order valence-corrected chi connectivity index (χ2v) is 8.56. The zero-order valence-corrected chi connectivity index (χ0v) is 16.1. The van der Waals surface area contributed by atoms with Gasteiger partial charge in [0.1, 0.15) is 6.04 Å². The first-order chi connectivity index (χ1) is 12.8. The van der Waals surface area contributed by atoms with E-state index in [0.717, 1.165) is 15.4 Å². The number of rotatable bonds is 5. The predicted molar refractivity (Wildman–Crippen MR) is 101 cm³/mol. The SMILES string of the molecule is Cc1ccc(S(=O)(=O)N2C(=O)CC[C@@H]2C(=O)N(C)Cc2ccccc2)cc1. The van der Waals surface area contributed by atoms with Crippen molar-refractivity contribution >= 4 is 21.8 Å². The smallest absolute Gasteiger partial charge is 0.267 e. The molecular weight excluding hydrogens is 364 g/mol. The molecule has 1 aliphatic heterocycles. The van der Waals surface area contributed by atoms with E-state index >= 15 is 0 Å². The summed E-state index contributed by atoms with van der Waals surface area (Å²) in [5, 5.41) is 0. The molecule has 1 saturated heterocycles. The molecule has 2 aromatic rings. The van der Waals surface area contributed by atoms with Crippen molar-refractivity contribution in [2.45, 2.75) is 37.2 Å². The Balaban J connectivity index is 1.85. The molecule has 2 aromatic carbocycles.